The molecule has 6 heteroatoms. The highest BCUT2D eigenvalue weighted by Crippen LogP contribution is 2.45. The number of nitrogens with zero attached hydrogens (tertiary/aromatic N) is 6. The van der Waals surface area contributed by atoms with Gasteiger partial charge in [-0.3, -0.25) is 8.97 Å². The molecule has 13 aromatic rings. The summed E-state index contributed by atoms with van der Waals surface area (Å²) >= 11 is 0. The molecule has 0 bridgehead atoms. The van der Waals surface area contributed by atoms with Gasteiger partial charge in [0.15, 0.2) is 0 Å². The van der Waals surface area contributed by atoms with E-state index in [1.807, 2.05) is 22.9 Å². The van der Waals surface area contributed by atoms with Crippen molar-refractivity contribution in [3.8, 4) is 67.5 Å². The van der Waals surface area contributed by atoms with E-state index in [1.54, 1.807) is 6.20 Å². The number of hydrogen-bond donors (Lipinski definition) is 0. The minimum Gasteiger partial charge on any atom is -0.309 e. The largest absolute Gasteiger partial charge is 0.309 e. The van der Waals surface area contributed by atoms with Crippen LogP contribution in [0.2, 0.25) is 0 Å². The first kappa shape index (κ1) is 36.8. The zero-order valence-corrected chi connectivity index (χ0v) is 35.1. The predicted molar refractivity (Wildman–Crippen MR) is 267 cm³/mol. The van der Waals surface area contributed by atoms with Crippen molar-refractivity contribution in [3.63, 3.8) is 0 Å². The standard InChI is InChI=1S/C59H38N6/c1-4-13-41(14-5-1)56-51-37-50-46(26-25-45-35-44(29-32-49(45)50)39-21-23-40(24-22-39)53-38-63-34-12-33-60-59(63)62-53)36-55(51)64(57(56)42-15-6-2-7-16-42)48-30-27-43(28-31-48)58-61-52-19-10-11-20-54(52)65(58)47-17-8-3-9-18-47/h1-38H. The number of aromatic nitrogens is 6. The van der Waals surface area contributed by atoms with E-state index >= 15 is 0 Å². The zero-order valence-electron chi connectivity index (χ0n) is 35.1. The molecule has 0 N–H and O–H groups in total. The van der Waals surface area contributed by atoms with Crippen LogP contribution in [0.3, 0.4) is 0 Å². The predicted octanol–water partition coefficient (Wildman–Crippen LogP) is 14.7. The fraction of sp³-hybridized carbons (Fsp3) is 0. The smallest absolute Gasteiger partial charge is 0.234 e. The SMILES string of the molecule is c1ccc(-c2c(-c3ccccc3)n(-c3ccc(-c4nc5ccccc5n4-c4ccccc4)cc3)c3cc4ccc5cc(-c6ccc(-c7cn8cccnc8n7)cc6)ccc5c4cc23)cc1. The summed E-state index contributed by atoms with van der Waals surface area (Å²) in [5, 5.41) is 6.04. The van der Waals surface area contributed by atoms with Crippen LogP contribution >= 0.6 is 0 Å². The highest BCUT2D eigenvalue weighted by Gasteiger charge is 2.23. The van der Waals surface area contributed by atoms with E-state index in [2.05, 4.69) is 220 Å². The van der Waals surface area contributed by atoms with E-state index in [1.165, 1.54) is 43.6 Å². The van der Waals surface area contributed by atoms with E-state index in [0.717, 1.165) is 67.4 Å². The molecule has 0 radical (unpaired) electrons. The van der Waals surface area contributed by atoms with Crippen LogP contribution in [0.25, 0.3) is 117 Å². The Bertz CT molecular complexity index is 3870. The second kappa shape index (κ2) is 14.9. The van der Waals surface area contributed by atoms with Crippen molar-refractivity contribution in [1.29, 1.82) is 0 Å². The monoisotopic (exact) mass is 830 g/mol. The normalized spacial score (nSPS) is 11.7. The summed E-state index contributed by atoms with van der Waals surface area (Å²) in [5.41, 5.74) is 15.4. The summed E-state index contributed by atoms with van der Waals surface area (Å²) < 4.78 is 6.67. The van der Waals surface area contributed by atoms with Crippen molar-refractivity contribution in [2.75, 3.05) is 0 Å². The van der Waals surface area contributed by atoms with Gasteiger partial charge in [-0.25, -0.2) is 15.0 Å². The Kier molecular flexibility index (Phi) is 8.42. The van der Waals surface area contributed by atoms with Crippen LogP contribution in [0.4, 0.5) is 0 Å². The Hall–Kier alpha value is -8.87. The summed E-state index contributed by atoms with van der Waals surface area (Å²) in [7, 11) is 0. The van der Waals surface area contributed by atoms with Crippen LogP contribution < -0.4 is 0 Å². The quantitative estimate of drug-likeness (QED) is 0.150. The van der Waals surface area contributed by atoms with Crippen LogP contribution in [0.1, 0.15) is 0 Å². The highest BCUT2D eigenvalue weighted by atomic mass is 15.1. The molecule has 0 aliphatic carbocycles. The number of hydrogen-bond acceptors (Lipinski definition) is 3. The zero-order chi connectivity index (χ0) is 42.8. The van der Waals surface area contributed by atoms with Crippen molar-refractivity contribution in [3.05, 3.63) is 231 Å². The lowest BCUT2D eigenvalue weighted by molar-refractivity contribution is 1.10. The number of benzene rings is 9. The fourth-order valence-electron chi connectivity index (χ4n) is 9.68. The summed E-state index contributed by atoms with van der Waals surface area (Å²) in [6, 6.07) is 76.2. The molecule has 13 rings (SSSR count). The number of fused-ring (bicyclic) bond motifs is 6. The van der Waals surface area contributed by atoms with E-state index in [-0.39, 0.29) is 0 Å². The van der Waals surface area contributed by atoms with Crippen LogP contribution in [0, 0.1) is 0 Å². The molecule has 0 aliphatic heterocycles. The minimum absolute atomic E-state index is 0.696. The third-order valence-electron chi connectivity index (χ3n) is 12.7. The van der Waals surface area contributed by atoms with Crippen molar-refractivity contribution < 1.29 is 0 Å². The maximum Gasteiger partial charge on any atom is 0.234 e. The van der Waals surface area contributed by atoms with Crippen molar-refractivity contribution >= 4 is 49.3 Å². The van der Waals surface area contributed by atoms with Crippen LogP contribution in [0.15, 0.2) is 231 Å². The van der Waals surface area contributed by atoms with Gasteiger partial charge in [-0.05, 0) is 117 Å². The molecule has 4 aromatic heterocycles. The molecule has 0 fully saturated rings. The molecule has 0 saturated carbocycles. The minimum atomic E-state index is 0.696. The maximum atomic E-state index is 5.18. The van der Waals surface area contributed by atoms with Gasteiger partial charge in [0.25, 0.3) is 0 Å². The van der Waals surface area contributed by atoms with Crippen molar-refractivity contribution in [1.82, 2.24) is 28.5 Å². The van der Waals surface area contributed by atoms with Gasteiger partial charge < -0.3 is 4.57 Å². The average molecular weight is 831 g/mol. The molecule has 304 valence electrons. The Morgan fingerprint density at radius 3 is 1.80 bits per heavy atom. The van der Waals surface area contributed by atoms with Gasteiger partial charge in [-0.15, -0.1) is 0 Å². The molecule has 0 atom stereocenters. The summed E-state index contributed by atoms with van der Waals surface area (Å²) in [6.45, 7) is 0. The first-order chi connectivity index (χ1) is 32.2. The van der Waals surface area contributed by atoms with E-state index in [0.29, 0.717) is 5.78 Å². The van der Waals surface area contributed by atoms with Gasteiger partial charge in [0.05, 0.1) is 27.9 Å². The van der Waals surface area contributed by atoms with Crippen molar-refractivity contribution in [2.24, 2.45) is 0 Å². The number of imidazole rings is 2. The topological polar surface area (TPSA) is 52.9 Å². The van der Waals surface area contributed by atoms with Crippen molar-refractivity contribution in [2.45, 2.75) is 0 Å². The van der Waals surface area contributed by atoms with Crippen LogP contribution in [-0.4, -0.2) is 28.5 Å². The van der Waals surface area contributed by atoms with Gasteiger partial charge in [0.1, 0.15) is 5.82 Å². The third kappa shape index (κ3) is 6.15. The summed E-state index contributed by atoms with van der Waals surface area (Å²) in [6.07, 6.45) is 5.77. The lowest BCUT2D eigenvalue weighted by atomic mass is 9.94. The molecule has 0 aliphatic rings. The molecule has 6 nitrogen and oxygen atoms in total. The second-order valence-electron chi connectivity index (χ2n) is 16.6. The molecule has 4 heterocycles. The lowest BCUT2D eigenvalue weighted by Crippen LogP contribution is -1.99. The first-order valence-electron chi connectivity index (χ1n) is 21.9. The molecular formula is C59H38N6. The third-order valence-corrected chi connectivity index (χ3v) is 12.7. The number of rotatable bonds is 7. The molecule has 0 spiro atoms. The Balaban J connectivity index is 0.968. The van der Waals surface area contributed by atoms with E-state index in [4.69, 9.17) is 9.97 Å². The summed E-state index contributed by atoms with van der Waals surface area (Å²) in [5.74, 6) is 1.61. The van der Waals surface area contributed by atoms with Gasteiger partial charge in [-0.2, -0.15) is 0 Å². The Morgan fingerprint density at radius 2 is 1.03 bits per heavy atom. The average Bonchev–Trinajstić information content (AvgIpc) is 4.09. The molecule has 9 aromatic carbocycles. The Labute approximate surface area is 374 Å². The van der Waals surface area contributed by atoms with Gasteiger partial charge in [0.2, 0.25) is 5.78 Å². The second-order valence-corrected chi connectivity index (χ2v) is 16.6. The molecule has 0 saturated heterocycles. The maximum absolute atomic E-state index is 5.18. The van der Waals surface area contributed by atoms with Gasteiger partial charge >= 0.3 is 0 Å². The van der Waals surface area contributed by atoms with Crippen LogP contribution in [-0.2, 0) is 0 Å². The van der Waals surface area contributed by atoms with Crippen LogP contribution in [0.5, 0.6) is 0 Å². The van der Waals surface area contributed by atoms with E-state index in [9.17, 15) is 0 Å². The molecule has 0 unspecified atom stereocenters. The van der Waals surface area contributed by atoms with Gasteiger partial charge in [-0.1, -0.05) is 140 Å². The lowest BCUT2D eigenvalue weighted by Gasteiger charge is -2.15. The highest BCUT2D eigenvalue weighted by molar-refractivity contribution is 6.17. The van der Waals surface area contributed by atoms with E-state index < -0.39 is 0 Å². The summed E-state index contributed by atoms with van der Waals surface area (Å²) in [4.78, 5) is 14.3. The van der Waals surface area contributed by atoms with Gasteiger partial charge in [0, 0.05) is 52.0 Å². The fourth-order valence-corrected chi connectivity index (χ4v) is 9.68. The number of para-hydroxylation sites is 3. The molecule has 0 amide bonds. The first-order valence-corrected chi connectivity index (χ1v) is 21.9. The molecular weight excluding hydrogens is 793 g/mol. The Morgan fingerprint density at radius 1 is 0.385 bits per heavy atom. The molecule has 65 heavy (non-hydrogen) atoms.